The molecule has 1 heterocycles. The van der Waals surface area contributed by atoms with Crippen LogP contribution in [0.25, 0.3) is 0 Å². The van der Waals surface area contributed by atoms with Gasteiger partial charge in [-0.05, 0) is 19.4 Å². The third kappa shape index (κ3) is 2.77. The summed E-state index contributed by atoms with van der Waals surface area (Å²) in [6.07, 6.45) is 1.62. The third-order valence-corrected chi connectivity index (χ3v) is 3.76. The van der Waals surface area contributed by atoms with Gasteiger partial charge in [0.25, 0.3) is 11.6 Å². The molecule has 1 atom stereocenters. The number of nitro benzene ring substituents is 1. The first-order valence-electron chi connectivity index (χ1n) is 6.43. The average molecular weight is 325 g/mol. The Morgan fingerprint density at radius 3 is 2.73 bits per heavy atom. The number of imide groups is 1. The monoisotopic (exact) mass is 324 g/mol. The van der Waals surface area contributed by atoms with E-state index >= 15 is 0 Å². The Morgan fingerprint density at radius 1 is 1.50 bits per heavy atom. The maximum atomic E-state index is 12.1. The summed E-state index contributed by atoms with van der Waals surface area (Å²) < 4.78 is 0. The van der Waals surface area contributed by atoms with Crippen LogP contribution in [0.4, 0.5) is 10.5 Å². The number of nitrogens with one attached hydrogen (secondary N) is 1. The molecule has 1 N–H and O–H groups in total. The van der Waals surface area contributed by atoms with Gasteiger partial charge in [0, 0.05) is 11.6 Å². The maximum absolute atomic E-state index is 12.1. The van der Waals surface area contributed by atoms with Crippen LogP contribution in [-0.4, -0.2) is 33.6 Å². The van der Waals surface area contributed by atoms with Crippen LogP contribution in [0, 0.1) is 10.1 Å². The zero-order chi connectivity index (χ0) is 16.5. The molecule has 1 aromatic rings. The molecule has 3 amide bonds. The van der Waals surface area contributed by atoms with E-state index in [1.165, 1.54) is 24.4 Å². The van der Waals surface area contributed by atoms with Crippen molar-refractivity contribution in [1.29, 1.82) is 0 Å². The molecule has 1 saturated heterocycles. The van der Waals surface area contributed by atoms with E-state index in [1.54, 1.807) is 13.8 Å². The number of amides is 3. The van der Waals surface area contributed by atoms with E-state index < -0.39 is 22.4 Å². The number of urea groups is 1. The molecule has 1 aliphatic rings. The molecule has 0 aliphatic carbocycles. The molecule has 0 spiro atoms. The SMILES string of the molecule is CCC1(C)NC(=O)N(N=Cc2ccc(Cl)c([N+](=O)[O-])c2)C1=O. The molecule has 0 radical (unpaired) electrons. The summed E-state index contributed by atoms with van der Waals surface area (Å²) in [5.74, 6) is -0.472. The first-order chi connectivity index (χ1) is 10.3. The van der Waals surface area contributed by atoms with Crippen LogP contribution >= 0.6 is 11.6 Å². The number of rotatable bonds is 4. The van der Waals surface area contributed by atoms with Gasteiger partial charge in [-0.2, -0.15) is 5.10 Å². The van der Waals surface area contributed by atoms with Crippen LogP contribution in [0.15, 0.2) is 23.3 Å². The van der Waals surface area contributed by atoms with Crippen LogP contribution < -0.4 is 5.32 Å². The van der Waals surface area contributed by atoms with Crippen LogP contribution in [0.1, 0.15) is 25.8 Å². The second-order valence-corrected chi connectivity index (χ2v) is 5.35. The van der Waals surface area contributed by atoms with Gasteiger partial charge in [0.2, 0.25) is 0 Å². The van der Waals surface area contributed by atoms with Crippen molar-refractivity contribution in [3.63, 3.8) is 0 Å². The minimum Gasteiger partial charge on any atom is -0.322 e. The van der Waals surface area contributed by atoms with Gasteiger partial charge in [-0.3, -0.25) is 14.9 Å². The summed E-state index contributed by atoms with van der Waals surface area (Å²) in [6, 6.07) is 3.43. The number of nitro groups is 1. The van der Waals surface area contributed by atoms with Gasteiger partial charge in [-0.1, -0.05) is 24.6 Å². The van der Waals surface area contributed by atoms with Crippen molar-refractivity contribution in [2.75, 3.05) is 0 Å². The summed E-state index contributed by atoms with van der Waals surface area (Å²) in [5.41, 5.74) is -0.913. The van der Waals surface area contributed by atoms with Crippen molar-refractivity contribution >= 4 is 35.4 Å². The Balaban J connectivity index is 2.26. The zero-order valence-electron chi connectivity index (χ0n) is 11.9. The van der Waals surface area contributed by atoms with Crippen LogP contribution in [0.5, 0.6) is 0 Å². The highest BCUT2D eigenvalue weighted by Crippen LogP contribution is 2.25. The molecule has 0 saturated carbocycles. The number of hydrazone groups is 1. The van der Waals surface area contributed by atoms with Gasteiger partial charge in [0.05, 0.1) is 11.1 Å². The third-order valence-electron chi connectivity index (χ3n) is 3.44. The molecule has 1 fully saturated rings. The highest BCUT2D eigenvalue weighted by Gasteiger charge is 2.46. The van der Waals surface area contributed by atoms with E-state index in [2.05, 4.69) is 10.4 Å². The summed E-state index contributed by atoms with van der Waals surface area (Å²) in [4.78, 5) is 34.1. The van der Waals surface area contributed by atoms with Gasteiger partial charge in [0.15, 0.2) is 0 Å². The van der Waals surface area contributed by atoms with Crippen molar-refractivity contribution in [1.82, 2.24) is 10.3 Å². The molecule has 8 nitrogen and oxygen atoms in total. The normalized spacial score (nSPS) is 21.5. The minimum absolute atomic E-state index is 0.00398. The number of hydrogen-bond donors (Lipinski definition) is 1. The highest BCUT2D eigenvalue weighted by molar-refractivity contribution is 6.32. The van der Waals surface area contributed by atoms with Crippen LogP contribution in [0.2, 0.25) is 5.02 Å². The lowest BCUT2D eigenvalue weighted by Gasteiger charge is -2.17. The quantitative estimate of drug-likeness (QED) is 0.397. The van der Waals surface area contributed by atoms with Gasteiger partial charge in [0.1, 0.15) is 10.6 Å². The number of carbonyl (C=O) groups is 2. The van der Waals surface area contributed by atoms with E-state index in [-0.39, 0.29) is 10.7 Å². The standard InChI is InChI=1S/C13H13ClN4O4/c1-3-13(2)11(19)17(12(20)16-13)15-7-8-4-5-9(14)10(6-8)18(21)22/h4-7H,3H2,1-2H3,(H,16,20). The number of benzene rings is 1. The van der Waals surface area contributed by atoms with Gasteiger partial charge in [-0.25, -0.2) is 4.79 Å². The zero-order valence-corrected chi connectivity index (χ0v) is 12.6. The molecule has 1 unspecified atom stereocenters. The Bertz CT molecular complexity index is 691. The van der Waals surface area contributed by atoms with E-state index in [9.17, 15) is 19.7 Å². The van der Waals surface area contributed by atoms with E-state index in [0.717, 1.165) is 0 Å². The molecule has 22 heavy (non-hydrogen) atoms. The molecule has 2 rings (SSSR count). The van der Waals surface area contributed by atoms with Gasteiger partial charge >= 0.3 is 6.03 Å². The summed E-state index contributed by atoms with van der Waals surface area (Å²) in [6.45, 7) is 3.38. The molecule has 9 heteroatoms. The number of hydrogen-bond acceptors (Lipinski definition) is 5. The Hall–Kier alpha value is -2.48. The first kappa shape index (κ1) is 15.9. The number of carbonyl (C=O) groups excluding carboxylic acids is 2. The lowest BCUT2D eigenvalue weighted by Crippen LogP contribution is -2.42. The molecule has 1 aromatic carbocycles. The molecule has 0 bridgehead atoms. The van der Waals surface area contributed by atoms with E-state index in [4.69, 9.17) is 11.6 Å². The predicted molar refractivity (Wildman–Crippen MR) is 79.8 cm³/mol. The van der Waals surface area contributed by atoms with Crippen molar-refractivity contribution in [3.8, 4) is 0 Å². The molecule has 116 valence electrons. The smallest absolute Gasteiger partial charge is 0.322 e. The Labute approximate surface area is 130 Å². The van der Waals surface area contributed by atoms with Crippen molar-refractivity contribution in [2.45, 2.75) is 25.8 Å². The predicted octanol–water partition coefficient (Wildman–Crippen LogP) is 2.30. The second-order valence-electron chi connectivity index (χ2n) is 4.95. The van der Waals surface area contributed by atoms with Crippen LogP contribution in [0.3, 0.4) is 0 Å². The fourth-order valence-corrected chi connectivity index (χ4v) is 2.07. The largest absolute Gasteiger partial charge is 0.346 e. The van der Waals surface area contributed by atoms with Gasteiger partial charge < -0.3 is 5.32 Å². The Kier molecular flexibility index (Phi) is 4.14. The molecular weight excluding hydrogens is 312 g/mol. The van der Waals surface area contributed by atoms with E-state index in [0.29, 0.717) is 17.0 Å². The summed E-state index contributed by atoms with van der Waals surface area (Å²) in [7, 11) is 0. The maximum Gasteiger partial charge on any atom is 0.346 e. The fourth-order valence-electron chi connectivity index (χ4n) is 1.89. The van der Waals surface area contributed by atoms with E-state index in [1.807, 2.05) is 0 Å². The highest BCUT2D eigenvalue weighted by atomic mass is 35.5. The van der Waals surface area contributed by atoms with Crippen LogP contribution in [-0.2, 0) is 4.79 Å². The lowest BCUT2D eigenvalue weighted by molar-refractivity contribution is -0.384. The Morgan fingerprint density at radius 2 is 2.18 bits per heavy atom. The van der Waals surface area contributed by atoms with Crippen molar-refractivity contribution < 1.29 is 14.5 Å². The summed E-state index contributed by atoms with van der Waals surface area (Å²) >= 11 is 5.71. The topological polar surface area (TPSA) is 105 Å². The molecule has 1 aliphatic heterocycles. The minimum atomic E-state index is -0.986. The van der Waals surface area contributed by atoms with Crippen molar-refractivity contribution in [3.05, 3.63) is 38.9 Å². The van der Waals surface area contributed by atoms with Crippen molar-refractivity contribution in [2.24, 2.45) is 5.10 Å². The first-order valence-corrected chi connectivity index (χ1v) is 6.81. The molecule has 0 aromatic heterocycles. The fraction of sp³-hybridized carbons (Fsp3) is 0.308. The number of nitrogens with zero attached hydrogens (tertiary/aromatic N) is 3. The lowest BCUT2D eigenvalue weighted by atomic mass is 10.00. The summed E-state index contributed by atoms with van der Waals surface area (Å²) in [5, 5.41) is 17.9. The molecular formula is C13H13ClN4O4. The number of halogens is 1. The second kappa shape index (κ2) is 5.72. The average Bonchev–Trinajstić information content (AvgIpc) is 2.69. The van der Waals surface area contributed by atoms with Gasteiger partial charge in [-0.15, -0.1) is 5.01 Å².